The summed E-state index contributed by atoms with van der Waals surface area (Å²) in [4.78, 5) is 27.8. The SMILES string of the molecule is CC(=O)[C@H]1CC[C@H]2[C@H]3CCC4=C/C(=N\OCC(=O)O)CC[C@]4(C)[C@@H]3CC[C@]12C. The van der Waals surface area contributed by atoms with Crippen LogP contribution in [-0.2, 0) is 14.4 Å². The number of carbonyl (C=O) groups excluding carboxylic acids is 1. The lowest BCUT2D eigenvalue weighted by Gasteiger charge is -2.58. The first kappa shape index (κ1) is 19.7. The van der Waals surface area contributed by atoms with Crippen LogP contribution in [0.2, 0.25) is 0 Å². The molecule has 1 N–H and O–H groups in total. The fraction of sp³-hybridized carbons (Fsp3) is 0.783. The molecular weight excluding hydrogens is 354 g/mol. The molecule has 0 aromatic heterocycles. The highest BCUT2D eigenvalue weighted by molar-refractivity contribution is 5.96. The monoisotopic (exact) mass is 387 g/mol. The summed E-state index contributed by atoms with van der Waals surface area (Å²) >= 11 is 0. The summed E-state index contributed by atoms with van der Waals surface area (Å²) in [6, 6.07) is 0. The Hall–Kier alpha value is -1.65. The average Bonchev–Trinajstić information content (AvgIpc) is 2.99. The predicted molar refractivity (Wildman–Crippen MR) is 107 cm³/mol. The second-order valence-corrected chi connectivity index (χ2v) is 10.0. The lowest BCUT2D eigenvalue weighted by Crippen LogP contribution is -2.51. The Labute approximate surface area is 167 Å². The fourth-order valence-electron chi connectivity index (χ4n) is 7.48. The zero-order valence-electron chi connectivity index (χ0n) is 17.4. The number of rotatable bonds is 4. The van der Waals surface area contributed by atoms with Gasteiger partial charge in [-0.25, -0.2) is 4.79 Å². The van der Waals surface area contributed by atoms with E-state index in [-0.39, 0.29) is 23.4 Å². The lowest BCUT2D eigenvalue weighted by atomic mass is 9.46. The van der Waals surface area contributed by atoms with Crippen LogP contribution in [-0.4, -0.2) is 29.2 Å². The van der Waals surface area contributed by atoms with Gasteiger partial charge in [-0.15, -0.1) is 0 Å². The summed E-state index contributed by atoms with van der Waals surface area (Å²) in [5, 5.41) is 12.8. The molecule has 0 aliphatic heterocycles. The van der Waals surface area contributed by atoms with Crippen LogP contribution in [0.15, 0.2) is 16.8 Å². The number of carboxylic acids is 1. The average molecular weight is 388 g/mol. The predicted octanol–water partition coefficient (Wildman–Crippen LogP) is 4.61. The van der Waals surface area contributed by atoms with Crippen molar-refractivity contribution in [2.75, 3.05) is 6.61 Å². The zero-order chi connectivity index (χ0) is 20.1. The molecule has 0 heterocycles. The number of nitrogens with zero attached hydrogens (tertiary/aromatic N) is 1. The molecule has 6 atom stereocenters. The molecule has 3 saturated carbocycles. The standard InChI is InChI=1S/C23H33NO4/c1-14(25)18-6-7-19-17-5-4-15-12-16(24-28-13-21(26)27)8-10-22(15,2)20(17)9-11-23(18,19)3/h12,17-20H,4-11,13H2,1-3H3,(H,26,27)/b24-16-/t17-,18-,19+,20-,22+,23-/m1/s1. The number of Topliss-reactive ketones (excluding diaryl/α,β-unsaturated/α-hetero) is 1. The van der Waals surface area contributed by atoms with E-state index in [0.717, 1.165) is 37.3 Å². The van der Waals surface area contributed by atoms with Gasteiger partial charge in [-0.3, -0.25) is 4.79 Å². The van der Waals surface area contributed by atoms with Gasteiger partial charge in [0.15, 0.2) is 0 Å². The number of oxime groups is 1. The maximum atomic E-state index is 12.3. The van der Waals surface area contributed by atoms with Crippen LogP contribution in [0.3, 0.4) is 0 Å². The van der Waals surface area contributed by atoms with E-state index in [4.69, 9.17) is 9.94 Å². The third-order valence-electron chi connectivity index (χ3n) is 8.84. The minimum absolute atomic E-state index is 0.205. The van der Waals surface area contributed by atoms with Gasteiger partial charge in [-0.1, -0.05) is 24.6 Å². The molecular formula is C23H33NO4. The molecule has 28 heavy (non-hydrogen) atoms. The molecule has 0 aromatic rings. The van der Waals surface area contributed by atoms with E-state index in [2.05, 4.69) is 25.1 Å². The topological polar surface area (TPSA) is 76.0 Å². The molecule has 0 unspecified atom stereocenters. The molecule has 5 nitrogen and oxygen atoms in total. The Balaban J connectivity index is 1.55. The van der Waals surface area contributed by atoms with Crippen LogP contribution in [0.25, 0.3) is 0 Å². The lowest BCUT2D eigenvalue weighted by molar-refractivity contribution is -0.142. The smallest absolute Gasteiger partial charge is 0.344 e. The van der Waals surface area contributed by atoms with Crippen molar-refractivity contribution in [1.82, 2.24) is 0 Å². The van der Waals surface area contributed by atoms with Crippen molar-refractivity contribution in [2.24, 2.45) is 39.7 Å². The summed E-state index contributed by atoms with van der Waals surface area (Å²) in [6.07, 6.45) is 11.1. The van der Waals surface area contributed by atoms with Crippen molar-refractivity contribution in [3.63, 3.8) is 0 Å². The maximum absolute atomic E-state index is 12.3. The van der Waals surface area contributed by atoms with Crippen LogP contribution in [0, 0.1) is 34.5 Å². The van der Waals surface area contributed by atoms with E-state index in [1.54, 1.807) is 6.92 Å². The second-order valence-electron chi connectivity index (χ2n) is 10.0. The van der Waals surface area contributed by atoms with Crippen LogP contribution in [0.5, 0.6) is 0 Å². The highest BCUT2D eigenvalue weighted by Gasteiger charge is 2.59. The number of carboxylic acid groups (broad SMARTS) is 1. The van der Waals surface area contributed by atoms with Gasteiger partial charge in [0, 0.05) is 5.92 Å². The molecule has 0 aromatic carbocycles. The number of fused-ring (bicyclic) bond motifs is 5. The van der Waals surface area contributed by atoms with E-state index in [9.17, 15) is 9.59 Å². The van der Waals surface area contributed by atoms with E-state index in [1.807, 2.05) is 0 Å². The quantitative estimate of drug-likeness (QED) is 0.715. The van der Waals surface area contributed by atoms with E-state index in [1.165, 1.54) is 31.3 Å². The van der Waals surface area contributed by atoms with E-state index in [0.29, 0.717) is 17.6 Å². The Morgan fingerprint density at radius 2 is 1.93 bits per heavy atom. The van der Waals surface area contributed by atoms with E-state index >= 15 is 0 Å². The molecule has 154 valence electrons. The van der Waals surface area contributed by atoms with Crippen molar-refractivity contribution in [1.29, 1.82) is 0 Å². The minimum Gasteiger partial charge on any atom is -0.479 e. The summed E-state index contributed by atoms with van der Waals surface area (Å²) < 4.78 is 0. The first-order valence-corrected chi connectivity index (χ1v) is 10.9. The summed E-state index contributed by atoms with van der Waals surface area (Å²) in [7, 11) is 0. The van der Waals surface area contributed by atoms with Gasteiger partial charge < -0.3 is 9.94 Å². The fourth-order valence-corrected chi connectivity index (χ4v) is 7.48. The Morgan fingerprint density at radius 3 is 2.64 bits per heavy atom. The third kappa shape index (κ3) is 3.02. The maximum Gasteiger partial charge on any atom is 0.344 e. The molecule has 5 heteroatoms. The zero-order valence-corrected chi connectivity index (χ0v) is 17.4. The van der Waals surface area contributed by atoms with E-state index < -0.39 is 5.97 Å². The van der Waals surface area contributed by atoms with Gasteiger partial charge in [-0.2, -0.15) is 0 Å². The third-order valence-corrected chi connectivity index (χ3v) is 8.84. The molecule has 3 fully saturated rings. The van der Waals surface area contributed by atoms with Gasteiger partial charge in [0.2, 0.25) is 6.61 Å². The number of ketones is 1. The van der Waals surface area contributed by atoms with Crippen molar-refractivity contribution in [2.45, 2.75) is 72.1 Å². The van der Waals surface area contributed by atoms with Crippen LogP contribution in [0.1, 0.15) is 72.1 Å². The van der Waals surface area contributed by atoms with Crippen molar-refractivity contribution in [3.8, 4) is 0 Å². The molecule has 4 rings (SSSR count). The van der Waals surface area contributed by atoms with Crippen molar-refractivity contribution in [3.05, 3.63) is 11.6 Å². The van der Waals surface area contributed by atoms with Gasteiger partial charge >= 0.3 is 5.97 Å². The summed E-state index contributed by atoms with van der Waals surface area (Å²) in [6.45, 7) is 6.24. The molecule has 0 bridgehead atoms. The Kier molecular flexibility index (Phi) is 4.91. The first-order valence-electron chi connectivity index (χ1n) is 10.9. The summed E-state index contributed by atoms with van der Waals surface area (Å²) in [5.41, 5.74) is 2.77. The minimum atomic E-state index is -0.996. The number of hydrogen-bond acceptors (Lipinski definition) is 4. The number of carbonyl (C=O) groups is 2. The Bertz CT molecular complexity index is 741. The molecule has 0 spiro atoms. The Morgan fingerprint density at radius 1 is 1.14 bits per heavy atom. The van der Waals surface area contributed by atoms with Gasteiger partial charge in [-0.05, 0) is 93.0 Å². The summed E-state index contributed by atoms with van der Waals surface area (Å²) in [5.74, 6) is 1.77. The second kappa shape index (κ2) is 7.00. The van der Waals surface area contributed by atoms with Crippen molar-refractivity contribution < 1.29 is 19.5 Å². The normalized spacial score (nSPS) is 43.5. The number of aliphatic carboxylic acids is 1. The highest BCUT2D eigenvalue weighted by atomic mass is 16.6. The molecule has 4 aliphatic rings. The van der Waals surface area contributed by atoms with Crippen LogP contribution in [0.4, 0.5) is 0 Å². The molecule has 0 radical (unpaired) electrons. The largest absolute Gasteiger partial charge is 0.479 e. The molecule has 0 amide bonds. The number of hydrogen-bond donors (Lipinski definition) is 1. The van der Waals surface area contributed by atoms with Gasteiger partial charge in [0.25, 0.3) is 0 Å². The molecule has 0 saturated heterocycles. The molecule has 4 aliphatic carbocycles. The van der Waals surface area contributed by atoms with Crippen LogP contribution < -0.4 is 0 Å². The van der Waals surface area contributed by atoms with Gasteiger partial charge in [0.05, 0.1) is 5.71 Å². The van der Waals surface area contributed by atoms with Gasteiger partial charge in [0.1, 0.15) is 5.78 Å². The van der Waals surface area contributed by atoms with Crippen molar-refractivity contribution >= 4 is 17.5 Å². The van der Waals surface area contributed by atoms with Crippen LogP contribution >= 0.6 is 0 Å². The highest BCUT2D eigenvalue weighted by Crippen LogP contribution is 2.66. The number of allylic oxidation sites excluding steroid dienone is 2. The first-order chi connectivity index (χ1) is 13.3.